The highest BCUT2D eigenvalue weighted by atomic mass is 16.2. The van der Waals surface area contributed by atoms with Crippen molar-refractivity contribution in [3.8, 4) is 0 Å². The van der Waals surface area contributed by atoms with Crippen LogP contribution in [0.4, 0.5) is 5.69 Å². The number of carbonyl (C=O) groups is 3. The molecule has 0 N–H and O–H groups in total. The van der Waals surface area contributed by atoms with Gasteiger partial charge in [0.2, 0.25) is 11.8 Å². The third-order valence-electron chi connectivity index (χ3n) is 6.10. The first kappa shape index (κ1) is 20.3. The summed E-state index contributed by atoms with van der Waals surface area (Å²) in [5.74, 6) is -0.680. The van der Waals surface area contributed by atoms with Crippen molar-refractivity contribution in [3.05, 3.63) is 59.9 Å². The van der Waals surface area contributed by atoms with E-state index in [0.29, 0.717) is 5.69 Å². The number of rotatable bonds is 5. The zero-order chi connectivity index (χ0) is 21.1. The fourth-order valence-electron chi connectivity index (χ4n) is 4.44. The van der Waals surface area contributed by atoms with E-state index in [2.05, 4.69) is 4.98 Å². The molecule has 1 atom stereocenters. The fraction of sp³-hybridized carbons (Fsp3) is 0.417. The van der Waals surface area contributed by atoms with Crippen LogP contribution in [0.2, 0.25) is 0 Å². The minimum Gasteiger partial charge on any atom is -0.325 e. The SMILES string of the molecule is Cc1ccc(N2C(=O)CC(N(Cc3cccnc3)C(=O)C3CCCCC3)C2=O)cc1. The van der Waals surface area contributed by atoms with Crippen LogP contribution in [-0.4, -0.2) is 33.6 Å². The summed E-state index contributed by atoms with van der Waals surface area (Å²) in [7, 11) is 0. The summed E-state index contributed by atoms with van der Waals surface area (Å²) in [5.41, 5.74) is 2.47. The molecule has 2 aliphatic rings. The predicted octanol–water partition coefficient (Wildman–Crippen LogP) is 3.63. The molecule has 6 heteroatoms. The lowest BCUT2D eigenvalue weighted by molar-refractivity contribution is -0.143. The van der Waals surface area contributed by atoms with E-state index in [0.717, 1.165) is 43.2 Å². The molecular formula is C24H27N3O3. The van der Waals surface area contributed by atoms with Crippen molar-refractivity contribution in [3.63, 3.8) is 0 Å². The number of pyridine rings is 1. The Kier molecular flexibility index (Phi) is 5.93. The first-order chi connectivity index (χ1) is 14.5. The maximum atomic E-state index is 13.5. The normalized spacial score (nSPS) is 19.9. The van der Waals surface area contributed by atoms with Gasteiger partial charge in [-0.3, -0.25) is 19.4 Å². The second-order valence-corrected chi connectivity index (χ2v) is 8.29. The number of amides is 3. The van der Waals surface area contributed by atoms with Gasteiger partial charge in [0.05, 0.1) is 12.1 Å². The summed E-state index contributed by atoms with van der Waals surface area (Å²) >= 11 is 0. The van der Waals surface area contributed by atoms with Crippen molar-refractivity contribution in [1.29, 1.82) is 0 Å². The third kappa shape index (κ3) is 4.13. The molecule has 1 saturated heterocycles. The van der Waals surface area contributed by atoms with Crippen molar-refractivity contribution < 1.29 is 14.4 Å². The summed E-state index contributed by atoms with van der Waals surface area (Å²) < 4.78 is 0. The van der Waals surface area contributed by atoms with Gasteiger partial charge in [0.1, 0.15) is 6.04 Å². The van der Waals surface area contributed by atoms with Crippen LogP contribution in [0.25, 0.3) is 0 Å². The molecule has 1 aromatic heterocycles. The van der Waals surface area contributed by atoms with Gasteiger partial charge in [-0.15, -0.1) is 0 Å². The lowest BCUT2D eigenvalue weighted by atomic mass is 9.87. The van der Waals surface area contributed by atoms with Crippen molar-refractivity contribution >= 4 is 23.4 Å². The van der Waals surface area contributed by atoms with Crippen molar-refractivity contribution in [1.82, 2.24) is 9.88 Å². The quantitative estimate of drug-likeness (QED) is 0.712. The molecule has 1 saturated carbocycles. The molecule has 0 bridgehead atoms. The Balaban J connectivity index is 1.62. The molecular weight excluding hydrogens is 378 g/mol. The minimum absolute atomic E-state index is 0.0181. The number of anilines is 1. The van der Waals surface area contributed by atoms with E-state index in [1.807, 2.05) is 31.2 Å². The van der Waals surface area contributed by atoms with E-state index in [-0.39, 0.29) is 36.6 Å². The van der Waals surface area contributed by atoms with E-state index < -0.39 is 6.04 Å². The standard InChI is InChI=1S/C24H27N3O3/c1-17-9-11-20(12-10-17)27-22(28)14-21(24(27)30)26(16-18-6-5-13-25-15-18)23(29)19-7-3-2-4-8-19/h5-6,9-13,15,19,21H,2-4,7-8,14,16H2,1H3. The van der Waals surface area contributed by atoms with Crippen molar-refractivity contribution in [2.75, 3.05) is 4.90 Å². The van der Waals surface area contributed by atoms with Gasteiger partial charge in [0.25, 0.3) is 5.91 Å². The average molecular weight is 405 g/mol. The molecule has 0 radical (unpaired) electrons. The topological polar surface area (TPSA) is 70.6 Å². The van der Waals surface area contributed by atoms with Crippen LogP contribution < -0.4 is 4.90 Å². The van der Waals surface area contributed by atoms with Gasteiger partial charge in [-0.05, 0) is 43.5 Å². The van der Waals surface area contributed by atoms with E-state index in [4.69, 9.17) is 0 Å². The highest BCUT2D eigenvalue weighted by Gasteiger charge is 2.45. The summed E-state index contributed by atoms with van der Waals surface area (Å²) in [5, 5.41) is 0. The number of hydrogen-bond donors (Lipinski definition) is 0. The Morgan fingerprint density at radius 2 is 1.83 bits per heavy atom. The number of hydrogen-bond acceptors (Lipinski definition) is 4. The van der Waals surface area contributed by atoms with Crippen LogP contribution in [0.3, 0.4) is 0 Å². The fourth-order valence-corrected chi connectivity index (χ4v) is 4.44. The van der Waals surface area contributed by atoms with Crippen molar-refractivity contribution in [2.45, 2.75) is 58.0 Å². The molecule has 1 aliphatic heterocycles. The molecule has 3 amide bonds. The summed E-state index contributed by atoms with van der Waals surface area (Å²) in [6, 6.07) is 10.3. The number of aromatic nitrogens is 1. The lowest BCUT2D eigenvalue weighted by Gasteiger charge is -2.32. The number of benzene rings is 1. The van der Waals surface area contributed by atoms with Crippen LogP contribution in [0, 0.1) is 12.8 Å². The van der Waals surface area contributed by atoms with Gasteiger partial charge < -0.3 is 4.90 Å². The molecule has 2 aromatic rings. The molecule has 2 heterocycles. The molecule has 2 fully saturated rings. The number of carbonyl (C=O) groups excluding carboxylic acids is 3. The Hall–Kier alpha value is -3.02. The third-order valence-corrected chi connectivity index (χ3v) is 6.10. The maximum absolute atomic E-state index is 13.5. The number of nitrogens with zero attached hydrogens (tertiary/aromatic N) is 3. The van der Waals surface area contributed by atoms with E-state index in [1.54, 1.807) is 29.4 Å². The molecule has 1 unspecified atom stereocenters. The minimum atomic E-state index is -0.770. The first-order valence-corrected chi connectivity index (χ1v) is 10.7. The number of imide groups is 1. The summed E-state index contributed by atoms with van der Waals surface area (Å²) in [4.78, 5) is 46.6. The molecule has 1 aromatic carbocycles. The second-order valence-electron chi connectivity index (χ2n) is 8.29. The van der Waals surface area contributed by atoms with E-state index in [9.17, 15) is 14.4 Å². The monoisotopic (exact) mass is 405 g/mol. The van der Waals surface area contributed by atoms with Gasteiger partial charge in [0, 0.05) is 24.9 Å². The van der Waals surface area contributed by atoms with E-state index >= 15 is 0 Å². The average Bonchev–Trinajstić information content (AvgIpc) is 3.07. The predicted molar refractivity (Wildman–Crippen MR) is 113 cm³/mol. The molecule has 30 heavy (non-hydrogen) atoms. The highest BCUT2D eigenvalue weighted by Crippen LogP contribution is 2.31. The first-order valence-electron chi connectivity index (χ1n) is 10.7. The lowest BCUT2D eigenvalue weighted by Crippen LogP contribution is -2.47. The largest absolute Gasteiger partial charge is 0.325 e. The Morgan fingerprint density at radius 1 is 1.10 bits per heavy atom. The van der Waals surface area contributed by atoms with E-state index in [1.165, 1.54) is 4.90 Å². The Morgan fingerprint density at radius 3 is 2.50 bits per heavy atom. The molecule has 6 nitrogen and oxygen atoms in total. The van der Waals surface area contributed by atoms with Gasteiger partial charge in [-0.2, -0.15) is 0 Å². The second kappa shape index (κ2) is 8.78. The maximum Gasteiger partial charge on any atom is 0.257 e. The zero-order valence-corrected chi connectivity index (χ0v) is 17.3. The number of aryl methyl sites for hydroxylation is 1. The van der Waals surface area contributed by atoms with Crippen molar-refractivity contribution in [2.24, 2.45) is 5.92 Å². The van der Waals surface area contributed by atoms with Crippen LogP contribution >= 0.6 is 0 Å². The molecule has 156 valence electrons. The molecule has 1 aliphatic carbocycles. The Labute approximate surface area is 176 Å². The van der Waals surface area contributed by atoms with Gasteiger partial charge in [-0.1, -0.05) is 43.0 Å². The van der Waals surface area contributed by atoms with Crippen LogP contribution in [-0.2, 0) is 20.9 Å². The molecule has 4 rings (SSSR count). The molecule has 0 spiro atoms. The van der Waals surface area contributed by atoms with Gasteiger partial charge in [-0.25, -0.2) is 4.90 Å². The smallest absolute Gasteiger partial charge is 0.257 e. The highest BCUT2D eigenvalue weighted by molar-refractivity contribution is 6.23. The van der Waals surface area contributed by atoms with Gasteiger partial charge in [0.15, 0.2) is 0 Å². The zero-order valence-electron chi connectivity index (χ0n) is 17.3. The van der Waals surface area contributed by atoms with Gasteiger partial charge >= 0.3 is 0 Å². The summed E-state index contributed by atoms with van der Waals surface area (Å²) in [6.07, 6.45) is 8.31. The summed E-state index contributed by atoms with van der Waals surface area (Å²) in [6.45, 7) is 2.24. The Bertz CT molecular complexity index is 920. The van der Waals surface area contributed by atoms with Crippen LogP contribution in [0.1, 0.15) is 49.7 Å². The van der Waals surface area contributed by atoms with Crippen LogP contribution in [0.15, 0.2) is 48.8 Å². The van der Waals surface area contributed by atoms with Crippen LogP contribution in [0.5, 0.6) is 0 Å².